The van der Waals surface area contributed by atoms with Gasteiger partial charge in [-0.3, -0.25) is 0 Å². The quantitative estimate of drug-likeness (QED) is 0.826. The molecule has 1 aromatic carbocycles. The van der Waals surface area contributed by atoms with Crippen molar-refractivity contribution < 1.29 is 4.74 Å². The molecule has 0 atom stereocenters. The van der Waals surface area contributed by atoms with E-state index in [1.165, 1.54) is 0 Å². The second-order valence-electron chi connectivity index (χ2n) is 3.77. The summed E-state index contributed by atoms with van der Waals surface area (Å²) in [5, 5.41) is 8.72. The first kappa shape index (κ1) is 11.9. The van der Waals surface area contributed by atoms with Gasteiger partial charge in [0.25, 0.3) is 0 Å². The molecule has 4 nitrogen and oxygen atoms in total. The second kappa shape index (κ2) is 5.19. The van der Waals surface area contributed by atoms with Crippen molar-refractivity contribution in [1.82, 2.24) is 4.98 Å². The Hall–Kier alpha value is -2.54. The Morgan fingerprint density at radius 1 is 1.17 bits per heavy atom. The van der Waals surface area contributed by atoms with Crippen molar-refractivity contribution in [2.45, 2.75) is 0 Å². The predicted octanol–water partition coefficient (Wildman–Crippen LogP) is 2.73. The van der Waals surface area contributed by atoms with E-state index in [-0.39, 0.29) is 0 Å². The highest BCUT2D eigenvalue weighted by Gasteiger charge is 2.05. The molecular formula is C14H13N3O. The van der Waals surface area contributed by atoms with Crippen LogP contribution in [-0.2, 0) is 0 Å². The number of hydrogen-bond acceptors (Lipinski definition) is 4. The number of pyridine rings is 1. The highest BCUT2D eigenvalue weighted by molar-refractivity contribution is 5.60. The van der Waals surface area contributed by atoms with Crippen molar-refractivity contribution in [2.24, 2.45) is 0 Å². The van der Waals surface area contributed by atoms with Crippen molar-refractivity contribution in [3.8, 4) is 11.8 Å². The van der Waals surface area contributed by atoms with Crippen molar-refractivity contribution in [3.63, 3.8) is 0 Å². The maximum atomic E-state index is 8.72. The van der Waals surface area contributed by atoms with Gasteiger partial charge in [-0.25, -0.2) is 4.98 Å². The summed E-state index contributed by atoms with van der Waals surface area (Å²) >= 11 is 0. The number of nitriles is 1. The maximum absolute atomic E-state index is 8.72. The number of ether oxygens (including phenoxy) is 1. The van der Waals surface area contributed by atoms with Gasteiger partial charge < -0.3 is 9.64 Å². The summed E-state index contributed by atoms with van der Waals surface area (Å²) in [4.78, 5) is 6.19. The van der Waals surface area contributed by atoms with E-state index in [4.69, 9.17) is 10.00 Å². The SMILES string of the molecule is COc1ccc(N(C)c2ccc(C#N)cn2)cc1. The molecule has 4 heteroatoms. The molecule has 18 heavy (non-hydrogen) atoms. The first-order valence-corrected chi connectivity index (χ1v) is 5.48. The molecule has 2 rings (SSSR count). The minimum absolute atomic E-state index is 0.557. The third-order valence-electron chi connectivity index (χ3n) is 2.68. The summed E-state index contributed by atoms with van der Waals surface area (Å²) in [5.74, 6) is 1.61. The number of methoxy groups -OCH3 is 1. The lowest BCUT2D eigenvalue weighted by molar-refractivity contribution is 0.415. The molecule has 0 N–H and O–H groups in total. The molecule has 0 aliphatic heterocycles. The number of hydrogen-bond donors (Lipinski definition) is 0. The van der Waals surface area contributed by atoms with E-state index in [0.29, 0.717) is 5.56 Å². The minimum atomic E-state index is 0.557. The first-order valence-electron chi connectivity index (χ1n) is 5.48. The maximum Gasteiger partial charge on any atom is 0.132 e. The predicted molar refractivity (Wildman–Crippen MR) is 70.0 cm³/mol. The van der Waals surface area contributed by atoms with Crippen LogP contribution in [0.4, 0.5) is 11.5 Å². The van der Waals surface area contributed by atoms with Gasteiger partial charge in [0.1, 0.15) is 17.6 Å². The van der Waals surface area contributed by atoms with E-state index in [0.717, 1.165) is 17.3 Å². The smallest absolute Gasteiger partial charge is 0.132 e. The summed E-state index contributed by atoms with van der Waals surface area (Å²) in [6.07, 6.45) is 1.56. The standard InChI is InChI=1S/C14H13N3O/c1-17(12-4-6-13(18-2)7-5-12)14-8-3-11(9-15)10-16-14/h3-8,10H,1-2H3. The molecule has 0 saturated heterocycles. The van der Waals surface area contributed by atoms with Gasteiger partial charge >= 0.3 is 0 Å². The lowest BCUT2D eigenvalue weighted by atomic mass is 10.2. The van der Waals surface area contributed by atoms with Crippen LogP contribution in [0.25, 0.3) is 0 Å². The van der Waals surface area contributed by atoms with Crippen LogP contribution in [0.5, 0.6) is 5.75 Å². The van der Waals surface area contributed by atoms with Crippen LogP contribution in [0.3, 0.4) is 0 Å². The zero-order chi connectivity index (χ0) is 13.0. The van der Waals surface area contributed by atoms with Crippen LogP contribution in [-0.4, -0.2) is 19.1 Å². The van der Waals surface area contributed by atoms with E-state index in [1.807, 2.05) is 42.3 Å². The molecule has 1 heterocycles. The lowest BCUT2D eigenvalue weighted by Crippen LogP contribution is -2.10. The van der Waals surface area contributed by atoms with Crippen LogP contribution in [0.2, 0.25) is 0 Å². The topological polar surface area (TPSA) is 49.1 Å². The summed E-state index contributed by atoms with van der Waals surface area (Å²) < 4.78 is 5.11. The van der Waals surface area contributed by atoms with Crippen molar-refractivity contribution in [2.75, 3.05) is 19.1 Å². The van der Waals surface area contributed by atoms with Gasteiger partial charge in [-0.05, 0) is 36.4 Å². The van der Waals surface area contributed by atoms with E-state index < -0.39 is 0 Å². The van der Waals surface area contributed by atoms with Crippen molar-refractivity contribution >= 4 is 11.5 Å². The summed E-state index contributed by atoms with van der Waals surface area (Å²) in [5.41, 5.74) is 1.56. The molecule has 0 saturated carbocycles. The Morgan fingerprint density at radius 3 is 2.39 bits per heavy atom. The fraction of sp³-hybridized carbons (Fsp3) is 0.143. The average molecular weight is 239 g/mol. The minimum Gasteiger partial charge on any atom is -0.497 e. The summed E-state index contributed by atoms with van der Waals surface area (Å²) in [7, 11) is 3.57. The number of aromatic nitrogens is 1. The highest BCUT2D eigenvalue weighted by Crippen LogP contribution is 2.23. The Balaban J connectivity index is 2.23. The average Bonchev–Trinajstić information content (AvgIpc) is 2.47. The van der Waals surface area contributed by atoms with Gasteiger partial charge in [0, 0.05) is 18.9 Å². The van der Waals surface area contributed by atoms with Crippen LogP contribution in [0.1, 0.15) is 5.56 Å². The Bertz CT molecular complexity index is 555. The van der Waals surface area contributed by atoms with Gasteiger partial charge in [0.2, 0.25) is 0 Å². The monoisotopic (exact) mass is 239 g/mol. The fourth-order valence-corrected chi connectivity index (χ4v) is 1.59. The van der Waals surface area contributed by atoms with E-state index in [2.05, 4.69) is 11.1 Å². The summed E-state index contributed by atoms with van der Waals surface area (Å²) in [6, 6.07) is 13.3. The molecule has 0 radical (unpaired) electrons. The fourth-order valence-electron chi connectivity index (χ4n) is 1.59. The number of anilines is 2. The zero-order valence-corrected chi connectivity index (χ0v) is 10.3. The van der Waals surface area contributed by atoms with Gasteiger partial charge in [0.05, 0.1) is 12.7 Å². The number of rotatable bonds is 3. The normalized spacial score (nSPS) is 9.61. The third kappa shape index (κ3) is 2.41. The molecule has 0 unspecified atom stereocenters. The molecule has 0 spiro atoms. The molecule has 1 aromatic heterocycles. The number of benzene rings is 1. The summed E-state index contributed by atoms with van der Waals surface area (Å²) in [6.45, 7) is 0. The molecule has 0 aliphatic rings. The molecular weight excluding hydrogens is 226 g/mol. The van der Waals surface area contributed by atoms with Crippen LogP contribution in [0, 0.1) is 11.3 Å². The van der Waals surface area contributed by atoms with Gasteiger partial charge in [-0.1, -0.05) is 0 Å². The molecule has 90 valence electrons. The zero-order valence-electron chi connectivity index (χ0n) is 10.3. The van der Waals surface area contributed by atoms with Crippen molar-refractivity contribution in [3.05, 3.63) is 48.2 Å². The van der Waals surface area contributed by atoms with Gasteiger partial charge in [0.15, 0.2) is 0 Å². The molecule has 0 aliphatic carbocycles. The van der Waals surface area contributed by atoms with E-state index >= 15 is 0 Å². The van der Waals surface area contributed by atoms with Crippen LogP contribution in [0.15, 0.2) is 42.6 Å². The first-order chi connectivity index (χ1) is 8.74. The van der Waals surface area contributed by atoms with Crippen LogP contribution < -0.4 is 9.64 Å². The molecule has 0 fully saturated rings. The highest BCUT2D eigenvalue weighted by atomic mass is 16.5. The Morgan fingerprint density at radius 2 is 1.89 bits per heavy atom. The molecule has 2 aromatic rings. The van der Waals surface area contributed by atoms with Crippen LogP contribution >= 0.6 is 0 Å². The molecule has 0 amide bonds. The molecule has 0 bridgehead atoms. The van der Waals surface area contributed by atoms with E-state index in [9.17, 15) is 0 Å². The Labute approximate surface area is 106 Å². The number of nitrogens with zero attached hydrogens (tertiary/aromatic N) is 3. The third-order valence-corrected chi connectivity index (χ3v) is 2.68. The largest absolute Gasteiger partial charge is 0.497 e. The lowest BCUT2D eigenvalue weighted by Gasteiger charge is -2.18. The second-order valence-corrected chi connectivity index (χ2v) is 3.77. The van der Waals surface area contributed by atoms with Gasteiger partial charge in [-0.2, -0.15) is 5.26 Å². The van der Waals surface area contributed by atoms with Crippen molar-refractivity contribution in [1.29, 1.82) is 5.26 Å². The van der Waals surface area contributed by atoms with Gasteiger partial charge in [-0.15, -0.1) is 0 Å². The Kier molecular flexibility index (Phi) is 3.44. The van der Waals surface area contributed by atoms with E-state index in [1.54, 1.807) is 19.4 Å².